The van der Waals surface area contributed by atoms with Crippen molar-refractivity contribution in [2.24, 2.45) is 10.9 Å². The van der Waals surface area contributed by atoms with Crippen molar-refractivity contribution in [3.05, 3.63) is 18.5 Å². The maximum atomic E-state index is 8.86. The van der Waals surface area contributed by atoms with Gasteiger partial charge in [-0.2, -0.15) is 5.10 Å². The fourth-order valence-corrected chi connectivity index (χ4v) is 2.49. The van der Waals surface area contributed by atoms with Crippen LogP contribution in [0.15, 0.2) is 23.6 Å². The smallest absolute Gasteiger partial charge is 0.159 e. The molecule has 0 spiro atoms. The van der Waals surface area contributed by atoms with Crippen LogP contribution in [0, 0.1) is 0 Å². The second-order valence-corrected chi connectivity index (χ2v) is 5.64. The van der Waals surface area contributed by atoms with Gasteiger partial charge in [0.05, 0.1) is 12.1 Å². The minimum absolute atomic E-state index is 0.266. The van der Waals surface area contributed by atoms with E-state index in [-0.39, 0.29) is 5.84 Å². The van der Waals surface area contributed by atoms with E-state index < -0.39 is 5.54 Å². The number of nitrogens with zero attached hydrogens (tertiary/aromatic N) is 5. The van der Waals surface area contributed by atoms with E-state index in [1.54, 1.807) is 6.20 Å². The van der Waals surface area contributed by atoms with Gasteiger partial charge in [0.2, 0.25) is 0 Å². The molecule has 20 heavy (non-hydrogen) atoms. The Morgan fingerprint density at radius 2 is 2.00 bits per heavy atom. The van der Waals surface area contributed by atoms with Gasteiger partial charge in [0.15, 0.2) is 5.84 Å². The Morgan fingerprint density at radius 3 is 2.55 bits per heavy atom. The van der Waals surface area contributed by atoms with Crippen molar-refractivity contribution >= 4 is 5.84 Å². The molecule has 7 heteroatoms. The lowest BCUT2D eigenvalue weighted by Crippen LogP contribution is -2.59. The maximum absolute atomic E-state index is 8.86. The van der Waals surface area contributed by atoms with Gasteiger partial charge in [-0.25, -0.2) is 0 Å². The van der Waals surface area contributed by atoms with Gasteiger partial charge in [-0.05, 0) is 19.9 Å². The standard InChI is InChI=1S/C13H24N6O/c1-13(2,12(14)16-20)18-9-6-17(7-10-18)8-11-19-5-3-4-15-19/h3-5,20H,6-11H2,1-2H3,(H2,14,16). The molecule has 0 radical (unpaired) electrons. The van der Waals surface area contributed by atoms with Crippen LogP contribution in [0.4, 0.5) is 0 Å². The molecule has 0 aromatic carbocycles. The Morgan fingerprint density at radius 1 is 1.30 bits per heavy atom. The average molecular weight is 280 g/mol. The summed E-state index contributed by atoms with van der Waals surface area (Å²) in [5, 5.41) is 16.2. The number of piperazine rings is 1. The van der Waals surface area contributed by atoms with E-state index >= 15 is 0 Å². The Kier molecular flexibility index (Phi) is 4.61. The molecule has 1 aliphatic rings. The molecule has 0 unspecified atom stereocenters. The molecular formula is C13H24N6O. The molecule has 0 saturated carbocycles. The number of oxime groups is 1. The van der Waals surface area contributed by atoms with Gasteiger partial charge in [0.1, 0.15) is 0 Å². The van der Waals surface area contributed by atoms with Crippen molar-refractivity contribution in [3.8, 4) is 0 Å². The van der Waals surface area contributed by atoms with Crippen molar-refractivity contribution in [1.29, 1.82) is 0 Å². The summed E-state index contributed by atoms with van der Waals surface area (Å²) in [6.07, 6.45) is 3.79. The summed E-state index contributed by atoms with van der Waals surface area (Å²) >= 11 is 0. The summed E-state index contributed by atoms with van der Waals surface area (Å²) in [5.74, 6) is 0.266. The first kappa shape index (κ1) is 14.8. The van der Waals surface area contributed by atoms with E-state index in [1.165, 1.54) is 0 Å². The minimum Gasteiger partial charge on any atom is -0.409 e. The Bertz CT molecular complexity index is 434. The molecule has 1 aromatic heterocycles. The highest BCUT2D eigenvalue weighted by atomic mass is 16.4. The monoisotopic (exact) mass is 280 g/mol. The summed E-state index contributed by atoms with van der Waals surface area (Å²) in [6.45, 7) is 9.70. The van der Waals surface area contributed by atoms with Gasteiger partial charge in [-0.3, -0.25) is 14.5 Å². The average Bonchev–Trinajstić information content (AvgIpc) is 2.98. The quantitative estimate of drug-likeness (QED) is 0.344. The van der Waals surface area contributed by atoms with Crippen molar-refractivity contribution in [2.75, 3.05) is 32.7 Å². The fraction of sp³-hybridized carbons (Fsp3) is 0.692. The number of hydrogen-bond donors (Lipinski definition) is 2. The number of nitrogens with two attached hydrogens (primary N) is 1. The molecule has 0 atom stereocenters. The second kappa shape index (κ2) is 6.23. The molecule has 0 amide bonds. The zero-order valence-corrected chi connectivity index (χ0v) is 12.2. The fourth-order valence-electron chi connectivity index (χ4n) is 2.49. The van der Waals surface area contributed by atoms with E-state index in [9.17, 15) is 0 Å². The Balaban J connectivity index is 1.80. The maximum Gasteiger partial charge on any atom is 0.159 e. The van der Waals surface area contributed by atoms with Gasteiger partial charge in [0.25, 0.3) is 0 Å². The van der Waals surface area contributed by atoms with E-state index in [4.69, 9.17) is 10.9 Å². The largest absolute Gasteiger partial charge is 0.409 e. The second-order valence-electron chi connectivity index (χ2n) is 5.64. The predicted octanol–water partition coefficient (Wildman–Crippen LogP) is 0.0257. The van der Waals surface area contributed by atoms with Crippen LogP contribution in [-0.2, 0) is 6.54 Å². The number of hydrogen-bond acceptors (Lipinski definition) is 5. The molecule has 112 valence electrons. The normalized spacial score (nSPS) is 19.4. The third-order valence-corrected chi connectivity index (χ3v) is 4.10. The van der Waals surface area contributed by atoms with Crippen molar-refractivity contribution in [2.45, 2.75) is 25.9 Å². The van der Waals surface area contributed by atoms with Crippen molar-refractivity contribution in [3.63, 3.8) is 0 Å². The lowest BCUT2D eigenvalue weighted by Gasteiger charge is -2.43. The predicted molar refractivity (Wildman–Crippen MR) is 77.7 cm³/mol. The van der Waals surface area contributed by atoms with Gasteiger partial charge in [-0.15, -0.1) is 0 Å². The van der Waals surface area contributed by atoms with Crippen molar-refractivity contribution in [1.82, 2.24) is 19.6 Å². The number of aromatic nitrogens is 2. The SMILES string of the molecule is CC(C)(C(N)=NO)N1CCN(CCn2cccn2)CC1. The van der Waals surface area contributed by atoms with E-state index in [2.05, 4.69) is 20.1 Å². The molecule has 7 nitrogen and oxygen atoms in total. The van der Waals surface area contributed by atoms with Gasteiger partial charge < -0.3 is 10.9 Å². The summed E-state index contributed by atoms with van der Waals surface area (Å²) in [7, 11) is 0. The van der Waals surface area contributed by atoms with Crippen LogP contribution in [0.3, 0.4) is 0 Å². The van der Waals surface area contributed by atoms with Gasteiger partial charge in [0, 0.05) is 45.1 Å². The van der Waals surface area contributed by atoms with Crippen LogP contribution in [0.25, 0.3) is 0 Å². The molecular weight excluding hydrogens is 256 g/mol. The highest BCUT2D eigenvalue weighted by molar-refractivity contribution is 5.88. The van der Waals surface area contributed by atoms with Crippen LogP contribution < -0.4 is 5.73 Å². The van der Waals surface area contributed by atoms with Gasteiger partial charge in [-0.1, -0.05) is 5.16 Å². The molecule has 3 N–H and O–H groups in total. The molecule has 1 fully saturated rings. The van der Waals surface area contributed by atoms with Crippen LogP contribution >= 0.6 is 0 Å². The van der Waals surface area contributed by atoms with E-state index in [0.29, 0.717) is 0 Å². The topological polar surface area (TPSA) is 82.9 Å². The number of rotatable bonds is 5. The molecule has 0 bridgehead atoms. The number of amidine groups is 1. The lowest BCUT2D eigenvalue weighted by molar-refractivity contribution is 0.0807. The lowest BCUT2D eigenvalue weighted by atomic mass is 10.0. The third-order valence-electron chi connectivity index (χ3n) is 4.10. The zero-order valence-electron chi connectivity index (χ0n) is 12.2. The zero-order chi connectivity index (χ0) is 14.6. The summed E-state index contributed by atoms with van der Waals surface area (Å²) < 4.78 is 1.95. The van der Waals surface area contributed by atoms with Crippen molar-refractivity contribution < 1.29 is 5.21 Å². The first-order valence-electron chi connectivity index (χ1n) is 6.97. The molecule has 2 rings (SSSR count). The van der Waals surface area contributed by atoms with Gasteiger partial charge >= 0.3 is 0 Å². The van der Waals surface area contributed by atoms with Crippen LogP contribution in [0.5, 0.6) is 0 Å². The summed E-state index contributed by atoms with van der Waals surface area (Å²) in [6, 6.07) is 1.94. The molecule has 1 aliphatic heterocycles. The van der Waals surface area contributed by atoms with Crippen LogP contribution in [0.2, 0.25) is 0 Å². The molecule has 0 aliphatic carbocycles. The summed E-state index contributed by atoms with van der Waals surface area (Å²) in [5.41, 5.74) is 5.37. The molecule has 1 aromatic rings. The highest BCUT2D eigenvalue weighted by Gasteiger charge is 2.33. The first-order chi connectivity index (χ1) is 9.54. The van der Waals surface area contributed by atoms with Crippen LogP contribution in [-0.4, -0.2) is 68.9 Å². The third kappa shape index (κ3) is 3.29. The Labute approximate surface area is 119 Å². The van der Waals surface area contributed by atoms with E-state index in [1.807, 2.05) is 30.8 Å². The van der Waals surface area contributed by atoms with E-state index in [0.717, 1.165) is 39.3 Å². The highest BCUT2D eigenvalue weighted by Crippen LogP contribution is 2.17. The Hall–Kier alpha value is -1.60. The molecule has 2 heterocycles. The van der Waals surface area contributed by atoms with Crippen LogP contribution in [0.1, 0.15) is 13.8 Å². The first-order valence-corrected chi connectivity index (χ1v) is 6.97. The molecule has 1 saturated heterocycles. The minimum atomic E-state index is -0.400. The summed E-state index contributed by atoms with van der Waals surface area (Å²) in [4.78, 5) is 4.67.